The molecule has 1 aliphatic heterocycles. The van der Waals surface area contributed by atoms with Crippen LogP contribution in [0, 0.1) is 19.3 Å². The van der Waals surface area contributed by atoms with Crippen molar-refractivity contribution in [3.63, 3.8) is 0 Å². The summed E-state index contributed by atoms with van der Waals surface area (Å²) in [6.45, 7) is 4.75. The molecule has 0 aromatic heterocycles. The van der Waals surface area contributed by atoms with Gasteiger partial charge in [0.25, 0.3) is 0 Å². The van der Waals surface area contributed by atoms with Crippen LogP contribution in [0.3, 0.4) is 0 Å². The Hall–Kier alpha value is -2.08. The molecule has 21 heavy (non-hydrogen) atoms. The molecule has 0 radical (unpaired) electrons. The van der Waals surface area contributed by atoms with Gasteiger partial charge < -0.3 is 21.0 Å². The molecule has 6 heteroatoms. The van der Waals surface area contributed by atoms with Gasteiger partial charge in [0.2, 0.25) is 5.91 Å². The molecule has 114 valence electrons. The molecule has 1 aromatic carbocycles. The number of oxime groups is 1. The number of nitrogens with zero attached hydrogens (tertiary/aromatic N) is 1. The number of aryl methyl sites for hydroxylation is 2. The lowest BCUT2D eigenvalue weighted by atomic mass is 9.78. The number of carbonyl (C=O) groups excluding carboxylic acids is 1. The molecule has 2 rings (SSSR count). The van der Waals surface area contributed by atoms with E-state index in [4.69, 9.17) is 15.7 Å². The summed E-state index contributed by atoms with van der Waals surface area (Å²) >= 11 is 0. The van der Waals surface area contributed by atoms with Gasteiger partial charge in [-0.3, -0.25) is 4.79 Å². The van der Waals surface area contributed by atoms with Crippen molar-refractivity contribution in [1.29, 1.82) is 0 Å². The summed E-state index contributed by atoms with van der Waals surface area (Å²) in [6, 6.07) is 5.79. The molecule has 1 aromatic rings. The number of amides is 1. The maximum absolute atomic E-state index is 12.7. The first-order chi connectivity index (χ1) is 9.99. The van der Waals surface area contributed by atoms with Crippen LogP contribution >= 0.6 is 0 Å². The Kier molecular flexibility index (Phi) is 4.47. The largest absolute Gasteiger partial charge is 0.409 e. The molecule has 0 saturated carbocycles. The zero-order valence-electron chi connectivity index (χ0n) is 12.3. The van der Waals surface area contributed by atoms with Crippen LogP contribution in [0.2, 0.25) is 0 Å². The second kappa shape index (κ2) is 6.13. The minimum atomic E-state index is -1.01. The van der Waals surface area contributed by atoms with Gasteiger partial charge in [0.1, 0.15) is 5.41 Å². The SMILES string of the molecule is Cc1ccc(NC(=O)C2(C(N)=NO)CCOCC2)c(C)c1. The number of anilines is 1. The van der Waals surface area contributed by atoms with Crippen molar-refractivity contribution >= 4 is 17.4 Å². The lowest BCUT2D eigenvalue weighted by molar-refractivity contribution is -0.126. The molecule has 1 fully saturated rings. The number of hydrogen-bond donors (Lipinski definition) is 3. The van der Waals surface area contributed by atoms with Crippen molar-refractivity contribution in [2.75, 3.05) is 18.5 Å². The monoisotopic (exact) mass is 291 g/mol. The molecular formula is C15H21N3O3. The van der Waals surface area contributed by atoms with E-state index in [-0.39, 0.29) is 11.7 Å². The van der Waals surface area contributed by atoms with E-state index in [2.05, 4.69) is 10.5 Å². The number of nitrogens with two attached hydrogens (primary N) is 1. The van der Waals surface area contributed by atoms with Gasteiger partial charge in [0.15, 0.2) is 5.84 Å². The second-order valence-corrected chi connectivity index (χ2v) is 5.45. The summed E-state index contributed by atoms with van der Waals surface area (Å²) in [6.07, 6.45) is 0.805. The first-order valence-electron chi connectivity index (χ1n) is 6.94. The number of nitrogens with one attached hydrogen (secondary N) is 1. The Labute approximate surface area is 124 Å². The van der Waals surface area contributed by atoms with Crippen LogP contribution in [0.25, 0.3) is 0 Å². The van der Waals surface area contributed by atoms with E-state index in [0.717, 1.165) is 16.8 Å². The quantitative estimate of drug-likeness (QED) is 0.342. The Bertz CT molecular complexity index is 563. The van der Waals surface area contributed by atoms with Gasteiger partial charge in [-0.1, -0.05) is 22.9 Å². The summed E-state index contributed by atoms with van der Waals surface area (Å²) in [7, 11) is 0. The van der Waals surface area contributed by atoms with E-state index < -0.39 is 5.41 Å². The number of ether oxygens (including phenoxy) is 1. The lowest BCUT2D eigenvalue weighted by Gasteiger charge is -2.34. The van der Waals surface area contributed by atoms with Gasteiger partial charge in [-0.05, 0) is 38.3 Å². The Morgan fingerprint density at radius 3 is 2.62 bits per heavy atom. The molecule has 1 heterocycles. The first kappa shape index (κ1) is 15.3. The standard InChI is InChI=1S/C15H21N3O3/c1-10-3-4-12(11(2)9-10)17-14(19)15(13(16)18-20)5-7-21-8-6-15/h3-4,9,20H,5-8H2,1-2H3,(H2,16,18)(H,17,19). The summed E-state index contributed by atoms with van der Waals surface area (Å²) < 4.78 is 5.29. The molecule has 4 N–H and O–H groups in total. The molecule has 0 aliphatic carbocycles. The van der Waals surface area contributed by atoms with Crippen molar-refractivity contribution in [3.05, 3.63) is 29.3 Å². The Morgan fingerprint density at radius 1 is 1.38 bits per heavy atom. The number of carbonyl (C=O) groups is 1. The lowest BCUT2D eigenvalue weighted by Crippen LogP contribution is -2.50. The molecule has 1 saturated heterocycles. The highest BCUT2D eigenvalue weighted by Crippen LogP contribution is 2.33. The minimum Gasteiger partial charge on any atom is -0.409 e. The fourth-order valence-corrected chi connectivity index (χ4v) is 2.61. The predicted molar refractivity (Wildman–Crippen MR) is 80.4 cm³/mol. The van der Waals surface area contributed by atoms with Crippen LogP contribution in [-0.2, 0) is 9.53 Å². The summed E-state index contributed by atoms with van der Waals surface area (Å²) in [5.41, 5.74) is 7.62. The third kappa shape index (κ3) is 3.00. The van der Waals surface area contributed by atoms with Crippen molar-refractivity contribution in [2.24, 2.45) is 16.3 Å². The fraction of sp³-hybridized carbons (Fsp3) is 0.467. The molecule has 0 bridgehead atoms. The van der Waals surface area contributed by atoms with E-state index in [1.165, 1.54) is 0 Å². The molecule has 1 amide bonds. The van der Waals surface area contributed by atoms with Gasteiger partial charge in [0.05, 0.1) is 0 Å². The first-order valence-corrected chi connectivity index (χ1v) is 6.94. The summed E-state index contributed by atoms with van der Waals surface area (Å²) in [4.78, 5) is 12.7. The number of benzene rings is 1. The zero-order valence-corrected chi connectivity index (χ0v) is 12.3. The van der Waals surface area contributed by atoms with Crippen molar-refractivity contribution < 1.29 is 14.7 Å². The van der Waals surface area contributed by atoms with E-state index >= 15 is 0 Å². The van der Waals surface area contributed by atoms with Crippen LogP contribution in [0.4, 0.5) is 5.69 Å². The summed E-state index contributed by atoms with van der Waals surface area (Å²) in [5, 5.41) is 15.0. The number of amidine groups is 1. The highest BCUT2D eigenvalue weighted by molar-refractivity contribution is 6.12. The van der Waals surface area contributed by atoms with E-state index in [0.29, 0.717) is 26.1 Å². The minimum absolute atomic E-state index is 0.0620. The third-order valence-electron chi connectivity index (χ3n) is 4.01. The van der Waals surface area contributed by atoms with Gasteiger partial charge in [-0.25, -0.2) is 0 Å². The average Bonchev–Trinajstić information content (AvgIpc) is 2.49. The fourth-order valence-electron chi connectivity index (χ4n) is 2.61. The molecule has 0 unspecified atom stereocenters. The van der Waals surface area contributed by atoms with E-state index in [1.807, 2.05) is 32.0 Å². The van der Waals surface area contributed by atoms with E-state index in [9.17, 15) is 4.79 Å². The molecule has 0 atom stereocenters. The summed E-state index contributed by atoms with van der Waals surface area (Å²) in [5.74, 6) is -0.318. The number of rotatable bonds is 3. The van der Waals surface area contributed by atoms with Crippen molar-refractivity contribution in [1.82, 2.24) is 0 Å². The molecular weight excluding hydrogens is 270 g/mol. The van der Waals surface area contributed by atoms with Crippen LogP contribution in [0.5, 0.6) is 0 Å². The van der Waals surface area contributed by atoms with Crippen molar-refractivity contribution in [3.8, 4) is 0 Å². The van der Waals surface area contributed by atoms with Crippen LogP contribution < -0.4 is 11.1 Å². The molecule has 6 nitrogen and oxygen atoms in total. The smallest absolute Gasteiger partial charge is 0.238 e. The third-order valence-corrected chi connectivity index (χ3v) is 4.01. The van der Waals surface area contributed by atoms with Gasteiger partial charge in [-0.15, -0.1) is 0 Å². The molecule has 1 aliphatic rings. The van der Waals surface area contributed by atoms with Gasteiger partial charge in [0, 0.05) is 18.9 Å². The second-order valence-electron chi connectivity index (χ2n) is 5.45. The van der Waals surface area contributed by atoms with Crippen LogP contribution in [-0.4, -0.2) is 30.2 Å². The van der Waals surface area contributed by atoms with Gasteiger partial charge >= 0.3 is 0 Å². The highest BCUT2D eigenvalue weighted by Gasteiger charge is 2.44. The maximum atomic E-state index is 12.7. The topological polar surface area (TPSA) is 96.9 Å². The van der Waals surface area contributed by atoms with E-state index in [1.54, 1.807) is 0 Å². The number of hydrogen-bond acceptors (Lipinski definition) is 4. The average molecular weight is 291 g/mol. The zero-order chi connectivity index (χ0) is 15.5. The van der Waals surface area contributed by atoms with Gasteiger partial charge in [-0.2, -0.15) is 0 Å². The predicted octanol–water partition coefficient (Wildman–Crippen LogP) is 1.79. The Morgan fingerprint density at radius 2 is 2.05 bits per heavy atom. The van der Waals surface area contributed by atoms with Crippen LogP contribution in [0.15, 0.2) is 23.4 Å². The highest BCUT2D eigenvalue weighted by atomic mass is 16.5. The maximum Gasteiger partial charge on any atom is 0.238 e. The van der Waals surface area contributed by atoms with Crippen molar-refractivity contribution in [2.45, 2.75) is 26.7 Å². The Balaban J connectivity index is 2.27. The van der Waals surface area contributed by atoms with Crippen LogP contribution in [0.1, 0.15) is 24.0 Å². The molecule has 0 spiro atoms. The normalized spacial score (nSPS) is 18.3.